The number of guanidine groups is 1. The van der Waals surface area contributed by atoms with Crippen LogP contribution in [-0.2, 0) is 9.53 Å². The fourth-order valence-corrected chi connectivity index (χ4v) is 1.89. The molecule has 0 radical (unpaired) electrons. The molecule has 0 aliphatic carbocycles. The Balaban J connectivity index is 0.00000400. The number of carbonyl (C=O) groups is 1. The fourth-order valence-electron chi connectivity index (χ4n) is 1.89. The Bertz CT molecular complexity index is 318. The first-order valence-electron chi connectivity index (χ1n) is 7.55. The summed E-state index contributed by atoms with van der Waals surface area (Å²) < 4.78 is 5.55. The van der Waals surface area contributed by atoms with Crippen molar-refractivity contribution in [3.05, 3.63) is 0 Å². The van der Waals surface area contributed by atoms with Crippen LogP contribution in [0.1, 0.15) is 33.6 Å². The average Bonchev–Trinajstić information content (AvgIpc) is 2.93. The van der Waals surface area contributed by atoms with E-state index in [4.69, 9.17) is 4.74 Å². The topological polar surface area (TPSA) is 74.8 Å². The van der Waals surface area contributed by atoms with Gasteiger partial charge in [0.1, 0.15) is 0 Å². The van der Waals surface area contributed by atoms with E-state index in [1.165, 1.54) is 0 Å². The molecule has 1 atom stereocenters. The van der Waals surface area contributed by atoms with Gasteiger partial charge in [-0.3, -0.25) is 9.79 Å². The van der Waals surface area contributed by atoms with Gasteiger partial charge < -0.3 is 20.7 Å². The minimum absolute atomic E-state index is 0. The molecule has 0 aromatic rings. The number of nitrogens with zero attached hydrogens (tertiary/aromatic N) is 1. The molecule has 1 aliphatic heterocycles. The molecule has 3 N–H and O–H groups in total. The van der Waals surface area contributed by atoms with Gasteiger partial charge in [-0.05, 0) is 19.8 Å². The first-order chi connectivity index (χ1) is 9.63. The number of ether oxygens (including phenoxy) is 1. The highest BCUT2D eigenvalue weighted by atomic mass is 127. The van der Waals surface area contributed by atoms with Gasteiger partial charge in [0.2, 0.25) is 5.91 Å². The number of halogens is 1. The maximum Gasteiger partial charge on any atom is 0.222 e. The molecule has 7 heteroatoms. The molecule has 0 aromatic carbocycles. The van der Waals surface area contributed by atoms with E-state index in [0.717, 1.165) is 32.0 Å². The third-order valence-corrected chi connectivity index (χ3v) is 3.06. The van der Waals surface area contributed by atoms with Crippen molar-refractivity contribution >= 4 is 35.8 Å². The third-order valence-electron chi connectivity index (χ3n) is 3.06. The first kappa shape index (κ1) is 20.4. The van der Waals surface area contributed by atoms with E-state index in [1.54, 1.807) is 0 Å². The van der Waals surface area contributed by atoms with Crippen LogP contribution in [0.5, 0.6) is 0 Å². The smallest absolute Gasteiger partial charge is 0.222 e. The second-order valence-corrected chi connectivity index (χ2v) is 5.23. The summed E-state index contributed by atoms with van der Waals surface area (Å²) in [5.74, 6) is 0.881. The Hall–Kier alpha value is -0.570. The van der Waals surface area contributed by atoms with Crippen LogP contribution in [0.25, 0.3) is 0 Å². The third kappa shape index (κ3) is 9.13. The Morgan fingerprint density at radius 3 is 2.57 bits per heavy atom. The van der Waals surface area contributed by atoms with Crippen molar-refractivity contribution in [2.45, 2.75) is 39.7 Å². The highest BCUT2D eigenvalue weighted by Crippen LogP contribution is 2.11. The SMILES string of the molecule is CCNC(=NCC1CCCO1)NCCNC(=O)C(C)C.I. The maximum atomic E-state index is 11.4. The van der Waals surface area contributed by atoms with E-state index in [2.05, 4.69) is 20.9 Å². The molecule has 1 unspecified atom stereocenters. The molecule has 0 saturated carbocycles. The monoisotopic (exact) mass is 412 g/mol. The van der Waals surface area contributed by atoms with Gasteiger partial charge >= 0.3 is 0 Å². The molecule has 21 heavy (non-hydrogen) atoms. The number of hydrogen-bond acceptors (Lipinski definition) is 3. The number of amides is 1. The molecule has 1 saturated heterocycles. The summed E-state index contributed by atoms with van der Waals surface area (Å²) in [6.07, 6.45) is 2.48. The minimum Gasteiger partial charge on any atom is -0.376 e. The van der Waals surface area contributed by atoms with Crippen molar-refractivity contribution in [1.29, 1.82) is 0 Å². The van der Waals surface area contributed by atoms with Crippen LogP contribution in [-0.4, -0.2) is 50.8 Å². The van der Waals surface area contributed by atoms with Crippen molar-refractivity contribution in [1.82, 2.24) is 16.0 Å². The molecule has 1 amide bonds. The molecule has 124 valence electrons. The van der Waals surface area contributed by atoms with Crippen molar-refractivity contribution in [3.8, 4) is 0 Å². The Morgan fingerprint density at radius 2 is 2.00 bits per heavy atom. The van der Waals surface area contributed by atoms with Gasteiger partial charge in [-0.15, -0.1) is 24.0 Å². The average molecular weight is 412 g/mol. The summed E-state index contributed by atoms with van der Waals surface area (Å²) in [6, 6.07) is 0. The molecular weight excluding hydrogens is 383 g/mol. The van der Waals surface area contributed by atoms with E-state index in [9.17, 15) is 4.79 Å². The number of hydrogen-bond donors (Lipinski definition) is 3. The molecular formula is C14H29IN4O2. The zero-order chi connectivity index (χ0) is 14.8. The molecule has 0 aromatic heterocycles. The molecule has 0 bridgehead atoms. The lowest BCUT2D eigenvalue weighted by Crippen LogP contribution is -2.42. The Labute approximate surface area is 144 Å². The van der Waals surface area contributed by atoms with E-state index < -0.39 is 0 Å². The van der Waals surface area contributed by atoms with E-state index >= 15 is 0 Å². The van der Waals surface area contributed by atoms with Crippen molar-refractivity contribution in [3.63, 3.8) is 0 Å². The molecule has 0 spiro atoms. The van der Waals surface area contributed by atoms with E-state index in [-0.39, 0.29) is 41.9 Å². The van der Waals surface area contributed by atoms with Gasteiger partial charge in [0.25, 0.3) is 0 Å². The van der Waals surface area contributed by atoms with Gasteiger partial charge in [0, 0.05) is 32.2 Å². The van der Waals surface area contributed by atoms with Crippen LogP contribution in [0, 0.1) is 5.92 Å². The van der Waals surface area contributed by atoms with E-state index in [0.29, 0.717) is 19.6 Å². The summed E-state index contributed by atoms with van der Waals surface area (Å²) in [6.45, 7) is 9.42. The number of aliphatic imine (C=N–C) groups is 1. The Kier molecular flexibility index (Phi) is 11.7. The Morgan fingerprint density at radius 1 is 1.29 bits per heavy atom. The quantitative estimate of drug-likeness (QED) is 0.254. The summed E-state index contributed by atoms with van der Waals surface area (Å²) in [4.78, 5) is 15.9. The van der Waals surface area contributed by atoms with Gasteiger partial charge in [-0.25, -0.2) is 0 Å². The van der Waals surface area contributed by atoms with Gasteiger partial charge in [0.15, 0.2) is 5.96 Å². The van der Waals surface area contributed by atoms with Crippen molar-refractivity contribution in [2.75, 3.05) is 32.8 Å². The zero-order valence-electron chi connectivity index (χ0n) is 13.3. The first-order valence-corrected chi connectivity index (χ1v) is 7.55. The van der Waals surface area contributed by atoms with E-state index in [1.807, 2.05) is 20.8 Å². The largest absolute Gasteiger partial charge is 0.376 e. The number of nitrogens with one attached hydrogen (secondary N) is 3. The van der Waals surface area contributed by atoms with Crippen LogP contribution in [0.2, 0.25) is 0 Å². The van der Waals surface area contributed by atoms with Crippen molar-refractivity contribution in [2.24, 2.45) is 10.9 Å². The van der Waals surface area contributed by atoms with Gasteiger partial charge in [-0.2, -0.15) is 0 Å². The predicted octanol–water partition coefficient (Wildman–Crippen LogP) is 1.11. The lowest BCUT2D eigenvalue weighted by atomic mass is 10.2. The fraction of sp³-hybridized carbons (Fsp3) is 0.857. The van der Waals surface area contributed by atoms with Gasteiger partial charge in [0.05, 0.1) is 12.6 Å². The summed E-state index contributed by atoms with van der Waals surface area (Å²) >= 11 is 0. The van der Waals surface area contributed by atoms with Gasteiger partial charge in [-0.1, -0.05) is 13.8 Å². The number of rotatable bonds is 7. The van der Waals surface area contributed by atoms with Crippen LogP contribution >= 0.6 is 24.0 Å². The van der Waals surface area contributed by atoms with Crippen LogP contribution in [0.3, 0.4) is 0 Å². The zero-order valence-corrected chi connectivity index (χ0v) is 15.6. The summed E-state index contributed by atoms with van der Waals surface area (Å²) in [5, 5.41) is 9.26. The highest BCUT2D eigenvalue weighted by molar-refractivity contribution is 14.0. The maximum absolute atomic E-state index is 11.4. The molecule has 6 nitrogen and oxygen atoms in total. The second kappa shape index (κ2) is 12.0. The normalized spacial score (nSPS) is 18.3. The van der Waals surface area contributed by atoms with Crippen LogP contribution < -0.4 is 16.0 Å². The lowest BCUT2D eigenvalue weighted by molar-refractivity contribution is -0.123. The number of carbonyl (C=O) groups excluding carboxylic acids is 1. The molecule has 1 fully saturated rings. The van der Waals surface area contributed by atoms with Crippen molar-refractivity contribution < 1.29 is 9.53 Å². The van der Waals surface area contributed by atoms with Crippen LogP contribution in [0.4, 0.5) is 0 Å². The highest BCUT2D eigenvalue weighted by Gasteiger charge is 2.14. The van der Waals surface area contributed by atoms with Crippen LogP contribution in [0.15, 0.2) is 4.99 Å². The lowest BCUT2D eigenvalue weighted by Gasteiger charge is -2.13. The molecule has 1 aliphatic rings. The molecule has 1 rings (SSSR count). The minimum atomic E-state index is 0. The summed E-state index contributed by atoms with van der Waals surface area (Å²) in [5.41, 5.74) is 0. The summed E-state index contributed by atoms with van der Waals surface area (Å²) in [7, 11) is 0. The molecule has 1 heterocycles. The predicted molar refractivity (Wildman–Crippen MR) is 96.2 cm³/mol. The second-order valence-electron chi connectivity index (χ2n) is 5.23. The standard InChI is InChI=1S/C14H28N4O2.HI/c1-4-15-14(18-10-12-6-5-9-20-12)17-8-7-16-13(19)11(2)3;/h11-12H,4-10H2,1-3H3,(H,16,19)(H2,15,17,18);1H.